The van der Waals surface area contributed by atoms with Crippen LogP contribution in [-0.4, -0.2) is 14.5 Å². The summed E-state index contributed by atoms with van der Waals surface area (Å²) < 4.78 is 2.04. The van der Waals surface area contributed by atoms with Gasteiger partial charge in [0, 0.05) is 18.8 Å². The van der Waals surface area contributed by atoms with E-state index < -0.39 is 0 Å². The SMILES string of the molecule is CC(C)c1ccc(-c2nc3cccnc3n2C)cc1. The van der Waals surface area contributed by atoms with Crippen molar-refractivity contribution < 1.29 is 0 Å². The van der Waals surface area contributed by atoms with E-state index in [1.165, 1.54) is 5.56 Å². The number of hydrogen-bond donors (Lipinski definition) is 0. The van der Waals surface area contributed by atoms with Crippen molar-refractivity contribution in [3.05, 3.63) is 48.2 Å². The summed E-state index contributed by atoms with van der Waals surface area (Å²) in [7, 11) is 2.01. The van der Waals surface area contributed by atoms with E-state index in [1.807, 2.05) is 23.7 Å². The second-order valence-corrected chi connectivity index (χ2v) is 5.12. The number of hydrogen-bond acceptors (Lipinski definition) is 2. The van der Waals surface area contributed by atoms with Crippen molar-refractivity contribution in [2.75, 3.05) is 0 Å². The lowest BCUT2D eigenvalue weighted by molar-refractivity contribution is 0.866. The minimum absolute atomic E-state index is 0.552. The molecule has 1 aromatic carbocycles. The van der Waals surface area contributed by atoms with Crippen LogP contribution in [-0.2, 0) is 7.05 Å². The number of imidazole rings is 1. The first-order valence-corrected chi connectivity index (χ1v) is 6.54. The number of aryl methyl sites for hydroxylation is 1. The standard InChI is InChI=1S/C16H17N3/c1-11(2)12-6-8-13(9-7-12)15-18-14-5-4-10-17-16(14)19(15)3/h4-11H,1-3H3. The van der Waals surface area contributed by atoms with Crippen LogP contribution in [0.1, 0.15) is 25.3 Å². The lowest BCUT2D eigenvalue weighted by Crippen LogP contribution is -1.94. The minimum atomic E-state index is 0.552. The van der Waals surface area contributed by atoms with Gasteiger partial charge in [-0.25, -0.2) is 9.97 Å². The van der Waals surface area contributed by atoms with Gasteiger partial charge >= 0.3 is 0 Å². The fourth-order valence-corrected chi connectivity index (χ4v) is 2.30. The van der Waals surface area contributed by atoms with Crippen molar-refractivity contribution in [3.63, 3.8) is 0 Å². The van der Waals surface area contributed by atoms with Crippen LogP contribution in [0, 0.1) is 0 Å². The van der Waals surface area contributed by atoms with Crippen molar-refractivity contribution in [2.45, 2.75) is 19.8 Å². The summed E-state index contributed by atoms with van der Waals surface area (Å²) in [6.07, 6.45) is 1.80. The molecule has 0 radical (unpaired) electrons. The third-order valence-electron chi connectivity index (χ3n) is 3.46. The first-order chi connectivity index (χ1) is 9.16. The highest BCUT2D eigenvalue weighted by Crippen LogP contribution is 2.24. The molecule has 2 heterocycles. The summed E-state index contributed by atoms with van der Waals surface area (Å²) in [5.74, 6) is 1.51. The van der Waals surface area contributed by atoms with Gasteiger partial charge in [-0.1, -0.05) is 38.1 Å². The zero-order chi connectivity index (χ0) is 13.4. The Morgan fingerprint density at radius 1 is 1.05 bits per heavy atom. The van der Waals surface area contributed by atoms with Crippen molar-refractivity contribution in [3.8, 4) is 11.4 Å². The van der Waals surface area contributed by atoms with Gasteiger partial charge in [-0.05, 0) is 23.6 Å². The molecule has 0 aliphatic carbocycles. The molecule has 2 aromatic heterocycles. The Balaban J connectivity index is 2.11. The Morgan fingerprint density at radius 3 is 2.42 bits per heavy atom. The van der Waals surface area contributed by atoms with Crippen LogP contribution in [0.4, 0.5) is 0 Å². The van der Waals surface area contributed by atoms with Crippen LogP contribution < -0.4 is 0 Å². The predicted molar refractivity (Wildman–Crippen MR) is 78.0 cm³/mol. The fraction of sp³-hybridized carbons (Fsp3) is 0.250. The minimum Gasteiger partial charge on any atom is -0.312 e. The molecule has 0 unspecified atom stereocenters. The molecule has 96 valence electrons. The average Bonchev–Trinajstić information content (AvgIpc) is 2.77. The summed E-state index contributed by atoms with van der Waals surface area (Å²) in [6.45, 7) is 4.40. The van der Waals surface area contributed by atoms with Crippen molar-refractivity contribution in [2.24, 2.45) is 7.05 Å². The van der Waals surface area contributed by atoms with Gasteiger partial charge in [-0.15, -0.1) is 0 Å². The van der Waals surface area contributed by atoms with Gasteiger partial charge in [0.25, 0.3) is 0 Å². The van der Waals surface area contributed by atoms with Gasteiger partial charge in [-0.3, -0.25) is 0 Å². The van der Waals surface area contributed by atoms with Gasteiger partial charge in [-0.2, -0.15) is 0 Å². The number of pyridine rings is 1. The van der Waals surface area contributed by atoms with Crippen LogP contribution in [0.3, 0.4) is 0 Å². The van der Waals surface area contributed by atoms with Crippen molar-refractivity contribution >= 4 is 11.2 Å². The predicted octanol–water partition coefficient (Wildman–Crippen LogP) is 3.76. The Hall–Kier alpha value is -2.16. The van der Waals surface area contributed by atoms with Gasteiger partial charge < -0.3 is 4.57 Å². The van der Waals surface area contributed by atoms with E-state index in [4.69, 9.17) is 0 Å². The van der Waals surface area contributed by atoms with E-state index in [9.17, 15) is 0 Å². The number of nitrogens with zero attached hydrogens (tertiary/aromatic N) is 3. The van der Waals surface area contributed by atoms with Crippen LogP contribution >= 0.6 is 0 Å². The number of benzene rings is 1. The first-order valence-electron chi connectivity index (χ1n) is 6.54. The molecule has 0 fully saturated rings. The molecule has 3 aromatic rings. The zero-order valence-corrected chi connectivity index (χ0v) is 11.5. The van der Waals surface area contributed by atoms with Gasteiger partial charge in [0.05, 0.1) is 0 Å². The maximum Gasteiger partial charge on any atom is 0.159 e. The highest BCUT2D eigenvalue weighted by molar-refractivity contribution is 5.76. The maximum atomic E-state index is 4.66. The fourth-order valence-electron chi connectivity index (χ4n) is 2.30. The smallest absolute Gasteiger partial charge is 0.159 e. The molecular weight excluding hydrogens is 234 g/mol. The molecule has 0 atom stereocenters. The Labute approximate surface area is 112 Å². The number of rotatable bonds is 2. The zero-order valence-electron chi connectivity index (χ0n) is 11.5. The third-order valence-corrected chi connectivity index (χ3v) is 3.46. The van der Waals surface area contributed by atoms with Crippen molar-refractivity contribution in [1.29, 1.82) is 0 Å². The van der Waals surface area contributed by atoms with E-state index in [1.54, 1.807) is 6.20 Å². The van der Waals surface area contributed by atoms with E-state index in [2.05, 4.69) is 48.1 Å². The number of aromatic nitrogens is 3. The summed E-state index contributed by atoms with van der Waals surface area (Å²) in [5, 5.41) is 0. The van der Waals surface area contributed by atoms with Crippen LogP contribution in [0.2, 0.25) is 0 Å². The number of fused-ring (bicyclic) bond motifs is 1. The Kier molecular flexibility index (Phi) is 2.82. The topological polar surface area (TPSA) is 30.7 Å². The van der Waals surface area contributed by atoms with Gasteiger partial charge in [0.15, 0.2) is 5.65 Å². The average molecular weight is 251 g/mol. The molecular formula is C16H17N3. The van der Waals surface area contributed by atoms with Crippen LogP contribution in [0.15, 0.2) is 42.6 Å². The summed E-state index contributed by atoms with van der Waals surface area (Å²) >= 11 is 0. The highest BCUT2D eigenvalue weighted by atomic mass is 15.1. The van der Waals surface area contributed by atoms with E-state index >= 15 is 0 Å². The molecule has 0 saturated heterocycles. The first kappa shape index (κ1) is 11.9. The normalized spacial score (nSPS) is 11.4. The summed E-state index contributed by atoms with van der Waals surface area (Å²) in [6, 6.07) is 12.5. The monoisotopic (exact) mass is 251 g/mol. The summed E-state index contributed by atoms with van der Waals surface area (Å²) in [4.78, 5) is 9.03. The summed E-state index contributed by atoms with van der Waals surface area (Å²) in [5.41, 5.74) is 4.34. The second kappa shape index (κ2) is 4.50. The molecule has 3 heteroatoms. The molecule has 19 heavy (non-hydrogen) atoms. The lowest BCUT2D eigenvalue weighted by atomic mass is 10.0. The van der Waals surface area contributed by atoms with Gasteiger partial charge in [0.1, 0.15) is 11.3 Å². The largest absolute Gasteiger partial charge is 0.312 e. The van der Waals surface area contributed by atoms with Crippen LogP contribution in [0.25, 0.3) is 22.6 Å². The quantitative estimate of drug-likeness (QED) is 0.694. The van der Waals surface area contributed by atoms with Gasteiger partial charge in [0.2, 0.25) is 0 Å². The lowest BCUT2D eigenvalue weighted by Gasteiger charge is -2.06. The second-order valence-electron chi connectivity index (χ2n) is 5.12. The molecule has 3 nitrogen and oxygen atoms in total. The molecule has 3 rings (SSSR count). The van der Waals surface area contributed by atoms with E-state index in [-0.39, 0.29) is 0 Å². The van der Waals surface area contributed by atoms with E-state index in [0.717, 1.165) is 22.6 Å². The molecule has 0 amide bonds. The van der Waals surface area contributed by atoms with Crippen LogP contribution in [0.5, 0.6) is 0 Å². The Bertz CT molecular complexity index is 708. The molecule has 0 saturated carbocycles. The highest BCUT2D eigenvalue weighted by Gasteiger charge is 2.10. The third kappa shape index (κ3) is 2.01. The molecule has 0 aliphatic rings. The van der Waals surface area contributed by atoms with Crippen molar-refractivity contribution in [1.82, 2.24) is 14.5 Å². The molecule has 0 bridgehead atoms. The maximum absolute atomic E-state index is 4.66. The van der Waals surface area contributed by atoms with E-state index in [0.29, 0.717) is 5.92 Å². The molecule has 0 N–H and O–H groups in total. The Morgan fingerprint density at radius 2 is 1.79 bits per heavy atom. The molecule has 0 spiro atoms. The molecule has 0 aliphatic heterocycles.